The first-order valence-electron chi connectivity index (χ1n) is 13.9. The van der Waals surface area contributed by atoms with E-state index in [0.717, 1.165) is 18.4 Å². The normalized spacial score (nSPS) is 10.8. The molecule has 0 saturated carbocycles. The molecule has 2 aromatic rings. The van der Waals surface area contributed by atoms with E-state index in [0.29, 0.717) is 23.7 Å². The van der Waals surface area contributed by atoms with Crippen molar-refractivity contribution in [2.24, 2.45) is 0 Å². The Labute approximate surface area is 213 Å². The van der Waals surface area contributed by atoms with Gasteiger partial charge in [0.2, 0.25) is 0 Å². The van der Waals surface area contributed by atoms with Gasteiger partial charge in [0.05, 0.1) is 0 Å². The van der Waals surface area contributed by atoms with Crippen molar-refractivity contribution >= 4 is 5.97 Å². The smallest absolute Gasteiger partial charge is 0.347 e. The second-order valence-electron chi connectivity index (χ2n) is 9.44. The van der Waals surface area contributed by atoms with E-state index in [1.807, 2.05) is 30.3 Å². The molecule has 0 atom stereocenters. The Bertz CT molecular complexity index is 842. The first-order valence-corrected chi connectivity index (χ1v) is 13.9. The summed E-state index contributed by atoms with van der Waals surface area (Å²) in [4.78, 5) is 12.8. The number of carbonyl (C=O) groups excluding carboxylic acids is 1. The molecule has 3 nitrogen and oxygen atoms in total. The summed E-state index contributed by atoms with van der Waals surface area (Å²) in [6.07, 6.45) is 21.5. The van der Waals surface area contributed by atoms with E-state index >= 15 is 0 Å². The number of aryl methyl sites for hydroxylation is 1. The van der Waals surface area contributed by atoms with Crippen LogP contribution < -0.4 is 9.47 Å². The van der Waals surface area contributed by atoms with E-state index in [1.165, 1.54) is 83.5 Å². The Morgan fingerprint density at radius 1 is 0.714 bits per heavy atom. The number of para-hydroxylation sites is 2. The lowest BCUT2D eigenvalue weighted by molar-refractivity contribution is 0.0729. The molecule has 0 aromatic heterocycles. The number of unbranched alkanes of at least 4 members (excludes halogenated alkanes) is 13. The molecule has 0 amide bonds. The highest BCUT2D eigenvalue weighted by Gasteiger charge is 2.16. The molecule has 0 radical (unpaired) electrons. The Balaban J connectivity index is 1.64. The number of benzene rings is 2. The molecule has 2 aromatic carbocycles. The van der Waals surface area contributed by atoms with Crippen LogP contribution in [0.15, 0.2) is 61.2 Å². The fraction of sp³-hybridized carbons (Fsp3) is 0.531. The molecule has 0 heterocycles. The van der Waals surface area contributed by atoms with Gasteiger partial charge in [0.25, 0.3) is 0 Å². The topological polar surface area (TPSA) is 35.5 Å². The van der Waals surface area contributed by atoms with E-state index in [9.17, 15) is 4.79 Å². The quantitative estimate of drug-likeness (QED) is 0.0822. The Hall–Kier alpha value is -2.55. The van der Waals surface area contributed by atoms with Crippen LogP contribution in [0, 0.1) is 0 Å². The summed E-state index contributed by atoms with van der Waals surface area (Å²) in [6.45, 7) is 6.29. The lowest BCUT2D eigenvalue weighted by atomic mass is 10.0. The van der Waals surface area contributed by atoms with Gasteiger partial charge >= 0.3 is 5.97 Å². The van der Waals surface area contributed by atoms with Gasteiger partial charge < -0.3 is 9.47 Å². The van der Waals surface area contributed by atoms with Gasteiger partial charge in [-0.1, -0.05) is 133 Å². The van der Waals surface area contributed by atoms with Crippen LogP contribution in [0.5, 0.6) is 11.5 Å². The Kier molecular flexibility index (Phi) is 15.4. The van der Waals surface area contributed by atoms with Crippen molar-refractivity contribution in [3.63, 3.8) is 0 Å². The number of hydrogen-bond donors (Lipinski definition) is 0. The van der Waals surface area contributed by atoms with Crippen molar-refractivity contribution in [3.8, 4) is 11.5 Å². The maximum atomic E-state index is 12.8. The summed E-state index contributed by atoms with van der Waals surface area (Å²) in [5.41, 5.74) is 1.52. The number of rotatable bonds is 20. The second kappa shape index (κ2) is 18.7. The third-order valence-corrected chi connectivity index (χ3v) is 6.44. The predicted octanol–water partition coefficient (Wildman–Crippen LogP) is 9.49. The molecular weight excluding hydrogens is 432 g/mol. The minimum atomic E-state index is -0.391. The van der Waals surface area contributed by atoms with Crippen molar-refractivity contribution in [3.05, 3.63) is 72.3 Å². The van der Waals surface area contributed by atoms with Crippen LogP contribution >= 0.6 is 0 Å². The Morgan fingerprint density at radius 2 is 1.23 bits per heavy atom. The van der Waals surface area contributed by atoms with Crippen molar-refractivity contribution in [2.75, 3.05) is 6.61 Å². The van der Waals surface area contributed by atoms with E-state index in [2.05, 4.69) is 19.6 Å². The number of carbonyl (C=O) groups is 1. The van der Waals surface area contributed by atoms with Gasteiger partial charge in [0, 0.05) is 0 Å². The summed E-state index contributed by atoms with van der Waals surface area (Å²) >= 11 is 0. The van der Waals surface area contributed by atoms with Crippen LogP contribution in [0.2, 0.25) is 0 Å². The molecule has 0 saturated heterocycles. The molecule has 0 aliphatic carbocycles. The van der Waals surface area contributed by atoms with Gasteiger partial charge in [0.15, 0.2) is 0 Å². The second-order valence-corrected chi connectivity index (χ2v) is 9.44. The van der Waals surface area contributed by atoms with Gasteiger partial charge in [-0.3, -0.25) is 0 Å². The number of ether oxygens (including phenoxy) is 2. The highest BCUT2D eigenvalue weighted by atomic mass is 16.5. The number of esters is 1. The summed E-state index contributed by atoms with van der Waals surface area (Å²) in [7, 11) is 0. The van der Waals surface area contributed by atoms with Crippen LogP contribution in [-0.2, 0) is 6.42 Å². The average molecular weight is 479 g/mol. The van der Waals surface area contributed by atoms with Gasteiger partial charge in [-0.05, 0) is 36.6 Å². The summed E-state index contributed by atoms with van der Waals surface area (Å²) in [5, 5.41) is 0. The molecule has 0 unspecified atom stereocenters. The van der Waals surface area contributed by atoms with E-state index in [1.54, 1.807) is 18.2 Å². The van der Waals surface area contributed by atoms with Crippen LogP contribution in [0.1, 0.15) is 113 Å². The Morgan fingerprint density at radius 3 is 1.83 bits per heavy atom. The largest absolute Gasteiger partial charge is 0.489 e. The van der Waals surface area contributed by atoms with Crippen LogP contribution in [0.3, 0.4) is 0 Å². The molecule has 35 heavy (non-hydrogen) atoms. The van der Waals surface area contributed by atoms with E-state index in [4.69, 9.17) is 9.47 Å². The van der Waals surface area contributed by atoms with E-state index < -0.39 is 5.97 Å². The van der Waals surface area contributed by atoms with Crippen molar-refractivity contribution in [1.82, 2.24) is 0 Å². The zero-order valence-electron chi connectivity index (χ0n) is 21.9. The van der Waals surface area contributed by atoms with E-state index in [-0.39, 0.29) is 0 Å². The van der Waals surface area contributed by atoms with Gasteiger partial charge in [-0.15, -0.1) is 0 Å². The van der Waals surface area contributed by atoms with Crippen LogP contribution in [0.25, 0.3) is 0 Å². The maximum absolute atomic E-state index is 12.8. The fourth-order valence-corrected chi connectivity index (χ4v) is 4.38. The van der Waals surface area contributed by atoms with Crippen molar-refractivity contribution in [2.45, 2.75) is 103 Å². The SMILES string of the molecule is C=CCOc1ccccc1C(=O)Oc1ccccc1CCCCCCCCCCCCCCCC. The average Bonchev–Trinajstić information content (AvgIpc) is 2.88. The highest BCUT2D eigenvalue weighted by molar-refractivity contribution is 5.94. The molecule has 2 rings (SSSR count). The third-order valence-electron chi connectivity index (χ3n) is 6.44. The molecule has 0 aliphatic rings. The van der Waals surface area contributed by atoms with Gasteiger partial charge in [-0.2, -0.15) is 0 Å². The lowest BCUT2D eigenvalue weighted by Gasteiger charge is -2.12. The number of hydrogen-bond acceptors (Lipinski definition) is 3. The fourth-order valence-electron chi connectivity index (χ4n) is 4.38. The first-order chi connectivity index (χ1) is 17.3. The van der Waals surface area contributed by atoms with Gasteiger partial charge in [-0.25, -0.2) is 4.79 Å². The zero-order valence-corrected chi connectivity index (χ0v) is 21.9. The van der Waals surface area contributed by atoms with Crippen LogP contribution in [-0.4, -0.2) is 12.6 Å². The maximum Gasteiger partial charge on any atom is 0.347 e. The van der Waals surface area contributed by atoms with Gasteiger partial charge in [0.1, 0.15) is 23.7 Å². The zero-order chi connectivity index (χ0) is 25.0. The molecule has 3 heteroatoms. The predicted molar refractivity (Wildman–Crippen MR) is 148 cm³/mol. The summed E-state index contributed by atoms with van der Waals surface area (Å²) in [6, 6.07) is 15.0. The molecular formula is C32H46O3. The molecule has 0 fully saturated rings. The molecule has 0 N–H and O–H groups in total. The lowest BCUT2D eigenvalue weighted by Crippen LogP contribution is -2.12. The van der Waals surface area contributed by atoms with Crippen molar-refractivity contribution in [1.29, 1.82) is 0 Å². The minimum absolute atomic E-state index is 0.347. The van der Waals surface area contributed by atoms with Crippen LogP contribution in [0.4, 0.5) is 0 Å². The molecule has 0 bridgehead atoms. The summed E-state index contributed by atoms with van der Waals surface area (Å²) in [5.74, 6) is 0.769. The third kappa shape index (κ3) is 12.1. The molecule has 192 valence electrons. The highest BCUT2D eigenvalue weighted by Crippen LogP contribution is 2.25. The standard InChI is InChI=1S/C32H46O3/c1-3-5-6-7-8-9-10-11-12-13-14-15-16-17-22-28-23-18-20-25-30(28)35-32(33)29-24-19-21-26-31(29)34-27-4-2/h4,18-21,23-26H,2-3,5-17,22,27H2,1H3. The monoisotopic (exact) mass is 478 g/mol. The molecule has 0 aliphatic heterocycles. The van der Waals surface area contributed by atoms with Crippen molar-refractivity contribution < 1.29 is 14.3 Å². The minimum Gasteiger partial charge on any atom is -0.489 e. The first kappa shape index (κ1) is 28.7. The summed E-state index contributed by atoms with van der Waals surface area (Å²) < 4.78 is 11.4. The molecule has 0 spiro atoms.